The van der Waals surface area contributed by atoms with E-state index in [1.54, 1.807) is 27.4 Å². The zero-order valence-electron chi connectivity index (χ0n) is 28.9. The molecular weight excluding hydrogens is 612 g/mol. The van der Waals surface area contributed by atoms with Crippen molar-refractivity contribution in [2.45, 2.75) is 76.7 Å². The topological polar surface area (TPSA) is 83.1 Å². The molecule has 1 saturated heterocycles. The second-order valence-electron chi connectivity index (χ2n) is 12.0. The Morgan fingerprint density at radius 2 is 1.29 bits per heavy atom. The molecule has 9 heteroatoms. The van der Waals surface area contributed by atoms with Crippen LogP contribution in [0, 0.1) is 0 Å². The third-order valence-electron chi connectivity index (χ3n) is 7.97. The molecule has 4 atom stereocenters. The highest BCUT2D eigenvalue weighted by Gasteiger charge is 2.34. The first-order valence-corrected chi connectivity index (χ1v) is 16.2. The van der Waals surface area contributed by atoms with Gasteiger partial charge in [0.05, 0.1) is 66.2 Å². The molecule has 4 rings (SSSR count). The summed E-state index contributed by atoms with van der Waals surface area (Å²) in [6.45, 7) is 13.9. The van der Waals surface area contributed by atoms with E-state index in [0.29, 0.717) is 45.0 Å². The van der Waals surface area contributed by atoms with Gasteiger partial charge in [-0.25, -0.2) is 0 Å². The Bertz CT molecular complexity index is 1390. The van der Waals surface area contributed by atoms with E-state index in [4.69, 9.17) is 42.6 Å². The normalized spacial score (nSPS) is 17.2. The second-order valence-corrected chi connectivity index (χ2v) is 12.0. The molecule has 0 saturated carbocycles. The molecular formula is C39H50O9. The van der Waals surface area contributed by atoms with Gasteiger partial charge in [0.2, 0.25) is 0 Å². The van der Waals surface area contributed by atoms with Crippen LogP contribution in [0.1, 0.15) is 43.4 Å². The summed E-state index contributed by atoms with van der Waals surface area (Å²) in [6, 6.07) is 23.3. The van der Waals surface area contributed by atoms with E-state index in [2.05, 4.69) is 13.2 Å². The monoisotopic (exact) mass is 662 g/mol. The van der Waals surface area contributed by atoms with Gasteiger partial charge in [-0.1, -0.05) is 49.1 Å². The van der Waals surface area contributed by atoms with Crippen molar-refractivity contribution in [1.82, 2.24) is 0 Å². The predicted molar refractivity (Wildman–Crippen MR) is 184 cm³/mol. The van der Waals surface area contributed by atoms with Crippen LogP contribution in [-0.4, -0.2) is 64.7 Å². The molecule has 0 aliphatic carbocycles. The first-order valence-electron chi connectivity index (χ1n) is 16.2. The number of hydrogen-bond acceptors (Lipinski definition) is 9. The Kier molecular flexibility index (Phi) is 14.3. The molecule has 0 bridgehead atoms. The van der Waals surface area contributed by atoms with Crippen LogP contribution < -0.4 is 14.2 Å². The lowest BCUT2D eigenvalue weighted by Gasteiger charge is -2.33. The quantitative estimate of drug-likeness (QED) is 0.0855. The lowest BCUT2D eigenvalue weighted by atomic mass is 10.1. The fourth-order valence-corrected chi connectivity index (χ4v) is 5.25. The van der Waals surface area contributed by atoms with Gasteiger partial charge in [-0.15, -0.1) is 6.58 Å². The molecule has 1 fully saturated rings. The van der Waals surface area contributed by atoms with E-state index < -0.39 is 24.1 Å². The molecule has 1 aliphatic rings. The van der Waals surface area contributed by atoms with Crippen LogP contribution in [0.5, 0.6) is 17.2 Å². The maximum atomic E-state index is 6.62. The van der Waals surface area contributed by atoms with Crippen molar-refractivity contribution in [1.29, 1.82) is 0 Å². The van der Waals surface area contributed by atoms with E-state index in [9.17, 15) is 0 Å². The fourth-order valence-electron chi connectivity index (χ4n) is 5.25. The molecule has 1 heterocycles. The average molecular weight is 663 g/mol. The van der Waals surface area contributed by atoms with Crippen molar-refractivity contribution in [3.8, 4) is 17.2 Å². The van der Waals surface area contributed by atoms with Crippen LogP contribution in [0.25, 0.3) is 0 Å². The maximum absolute atomic E-state index is 6.62. The van der Waals surface area contributed by atoms with Gasteiger partial charge in [-0.2, -0.15) is 0 Å². The summed E-state index contributed by atoms with van der Waals surface area (Å²) < 4.78 is 53.6. The van der Waals surface area contributed by atoms with Crippen LogP contribution in [0.15, 0.2) is 97.8 Å². The third-order valence-corrected chi connectivity index (χ3v) is 7.97. The highest BCUT2D eigenvalue weighted by molar-refractivity contribution is 5.28. The first-order chi connectivity index (χ1) is 23.2. The van der Waals surface area contributed by atoms with Gasteiger partial charge in [0.15, 0.2) is 11.9 Å². The van der Waals surface area contributed by atoms with Crippen molar-refractivity contribution in [2.24, 2.45) is 0 Å². The minimum atomic E-state index is -0.597. The van der Waals surface area contributed by atoms with Gasteiger partial charge in [0, 0.05) is 6.42 Å². The first kappa shape index (κ1) is 37.0. The Labute approximate surface area is 285 Å². The molecule has 0 unspecified atom stereocenters. The average Bonchev–Trinajstić information content (AvgIpc) is 3.47. The molecule has 0 radical (unpaired) electrons. The molecule has 0 aromatic heterocycles. The van der Waals surface area contributed by atoms with E-state index in [1.807, 2.05) is 86.6 Å². The van der Waals surface area contributed by atoms with E-state index >= 15 is 0 Å². The molecule has 9 nitrogen and oxygen atoms in total. The van der Waals surface area contributed by atoms with Crippen molar-refractivity contribution in [3.63, 3.8) is 0 Å². The molecule has 0 spiro atoms. The molecule has 3 aromatic carbocycles. The standard InChI is InChI=1S/C39H50O9/c1-8-36(44-24-30-12-19-33(41-6)20-13-30)38(45-25-31-14-21-34(42-7)22-15-31)37(27-43-23-29-10-17-32(40-5)18-11-29)47-28(2)9-16-35-26-46-39(3,4)48-35/h8,10-15,17-22,35-38H,1-2,9,16,23-27H2,3-7H3/t35-,36+,37+,38-/m0/s1. The largest absolute Gasteiger partial charge is 0.497 e. The predicted octanol–water partition coefficient (Wildman–Crippen LogP) is 7.42. The Morgan fingerprint density at radius 1 is 0.792 bits per heavy atom. The number of ether oxygens (including phenoxy) is 9. The zero-order valence-corrected chi connectivity index (χ0v) is 28.9. The Morgan fingerprint density at radius 3 is 1.75 bits per heavy atom. The van der Waals surface area contributed by atoms with Crippen LogP contribution in [0.2, 0.25) is 0 Å². The highest BCUT2D eigenvalue weighted by atomic mass is 16.7. The second kappa shape index (κ2) is 18.6. The summed E-state index contributed by atoms with van der Waals surface area (Å²) in [5.74, 6) is 2.33. The fraction of sp³-hybridized carbons (Fsp3) is 0.436. The SMILES string of the molecule is C=C[C@@H](OCc1ccc(OC)cc1)[C@H](OCc1ccc(OC)cc1)[C@@H](COCc1ccc(OC)cc1)OC(=C)CC[C@H]1COC(C)(C)O1. The smallest absolute Gasteiger partial charge is 0.163 e. The number of rotatable bonds is 21. The molecule has 260 valence electrons. The van der Waals surface area contributed by atoms with Crippen molar-refractivity contribution in [3.05, 3.63) is 114 Å². The summed E-state index contributed by atoms with van der Waals surface area (Å²) >= 11 is 0. The summed E-state index contributed by atoms with van der Waals surface area (Å²) in [6.07, 6.45) is 1.27. The van der Waals surface area contributed by atoms with Gasteiger partial charge in [-0.05, 0) is 73.4 Å². The van der Waals surface area contributed by atoms with Gasteiger partial charge in [0.1, 0.15) is 29.5 Å². The summed E-state index contributed by atoms with van der Waals surface area (Å²) in [4.78, 5) is 0. The number of benzene rings is 3. The molecule has 48 heavy (non-hydrogen) atoms. The lowest BCUT2D eigenvalue weighted by Crippen LogP contribution is -2.44. The highest BCUT2D eigenvalue weighted by Crippen LogP contribution is 2.27. The molecule has 0 N–H and O–H groups in total. The van der Waals surface area contributed by atoms with Gasteiger partial charge in [-0.3, -0.25) is 0 Å². The minimum absolute atomic E-state index is 0.0407. The molecule has 3 aromatic rings. The van der Waals surface area contributed by atoms with Gasteiger partial charge < -0.3 is 42.6 Å². The van der Waals surface area contributed by atoms with Crippen molar-refractivity contribution >= 4 is 0 Å². The summed E-state index contributed by atoms with van der Waals surface area (Å²) in [5.41, 5.74) is 2.95. The Hall–Kier alpha value is -3.86. The number of hydrogen-bond donors (Lipinski definition) is 0. The van der Waals surface area contributed by atoms with Gasteiger partial charge >= 0.3 is 0 Å². The van der Waals surface area contributed by atoms with E-state index in [-0.39, 0.29) is 12.7 Å². The summed E-state index contributed by atoms with van der Waals surface area (Å²) in [5, 5.41) is 0. The van der Waals surface area contributed by atoms with Crippen molar-refractivity contribution in [2.75, 3.05) is 34.5 Å². The maximum Gasteiger partial charge on any atom is 0.163 e. The number of methoxy groups -OCH3 is 3. The van der Waals surface area contributed by atoms with Crippen LogP contribution in [0.4, 0.5) is 0 Å². The van der Waals surface area contributed by atoms with Crippen LogP contribution in [0.3, 0.4) is 0 Å². The zero-order chi connectivity index (χ0) is 34.4. The lowest BCUT2D eigenvalue weighted by molar-refractivity contribution is -0.144. The Balaban J connectivity index is 1.52. The molecule has 0 amide bonds. The van der Waals surface area contributed by atoms with Gasteiger partial charge in [0.25, 0.3) is 0 Å². The molecule has 1 aliphatic heterocycles. The summed E-state index contributed by atoms with van der Waals surface area (Å²) in [7, 11) is 4.93. The third kappa shape index (κ3) is 11.7. The number of allylic oxidation sites excluding steroid dienone is 1. The van der Waals surface area contributed by atoms with Crippen LogP contribution >= 0.6 is 0 Å². The van der Waals surface area contributed by atoms with Crippen LogP contribution in [-0.2, 0) is 48.2 Å². The van der Waals surface area contributed by atoms with E-state index in [0.717, 1.165) is 33.9 Å². The minimum Gasteiger partial charge on any atom is -0.497 e. The van der Waals surface area contributed by atoms with Crippen molar-refractivity contribution < 1.29 is 42.6 Å². The van der Waals surface area contributed by atoms with E-state index in [1.165, 1.54) is 0 Å².